The number of rotatable bonds is 5. The molecule has 1 heterocycles. The molecule has 1 aliphatic heterocycles. The van der Waals surface area contributed by atoms with Gasteiger partial charge in [0.1, 0.15) is 5.75 Å². The molecule has 0 atom stereocenters. The molecule has 21 heavy (non-hydrogen) atoms. The molecule has 1 fully saturated rings. The third kappa shape index (κ3) is 5.28. The van der Waals surface area contributed by atoms with Gasteiger partial charge in [-0.1, -0.05) is 17.9 Å². The molecular weight excluding hydrogens is 284 g/mol. The standard InChI is InChI=1S/C17H22O3S/c1-19-17-6-5-14(12-15(17)4-2-3-9-18)13-21-16-7-10-20-11-8-16/h5-6,12,16,18H,3,7-11,13H2,1H3. The smallest absolute Gasteiger partial charge is 0.134 e. The number of hydrogen-bond acceptors (Lipinski definition) is 4. The van der Waals surface area contributed by atoms with Crippen LogP contribution in [-0.2, 0) is 10.5 Å². The Bertz CT molecular complexity index is 498. The molecule has 2 rings (SSSR count). The fourth-order valence-corrected chi connectivity index (χ4v) is 3.35. The van der Waals surface area contributed by atoms with Crippen molar-refractivity contribution in [3.05, 3.63) is 29.3 Å². The summed E-state index contributed by atoms with van der Waals surface area (Å²) in [5.41, 5.74) is 2.16. The summed E-state index contributed by atoms with van der Waals surface area (Å²) in [4.78, 5) is 0. The zero-order chi connectivity index (χ0) is 14.9. The molecule has 1 aliphatic rings. The van der Waals surface area contributed by atoms with Crippen LogP contribution in [0.5, 0.6) is 5.75 Å². The molecule has 0 bridgehead atoms. The lowest BCUT2D eigenvalue weighted by molar-refractivity contribution is 0.1000. The van der Waals surface area contributed by atoms with Gasteiger partial charge in [0.05, 0.1) is 19.3 Å². The molecule has 1 aromatic rings. The van der Waals surface area contributed by atoms with Gasteiger partial charge in [-0.25, -0.2) is 0 Å². The van der Waals surface area contributed by atoms with Crippen molar-refractivity contribution in [1.82, 2.24) is 0 Å². The molecule has 114 valence electrons. The quantitative estimate of drug-likeness (QED) is 0.849. The molecule has 1 saturated heterocycles. The molecule has 0 saturated carbocycles. The third-order valence-electron chi connectivity index (χ3n) is 3.38. The van der Waals surface area contributed by atoms with E-state index in [4.69, 9.17) is 14.6 Å². The van der Waals surface area contributed by atoms with Crippen molar-refractivity contribution in [1.29, 1.82) is 0 Å². The van der Waals surface area contributed by atoms with Crippen LogP contribution in [0.3, 0.4) is 0 Å². The Morgan fingerprint density at radius 1 is 1.38 bits per heavy atom. The minimum absolute atomic E-state index is 0.0919. The van der Waals surface area contributed by atoms with E-state index in [1.807, 2.05) is 17.8 Å². The highest BCUT2D eigenvalue weighted by molar-refractivity contribution is 7.99. The van der Waals surface area contributed by atoms with Crippen molar-refractivity contribution in [3.8, 4) is 17.6 Å². The van der Waals surface area contributed by atoms with Gasteiger partial charge in [0, 0.05) is 30.6 Å². The van der Waals surface area contributed by atoms with E-state index in [1.165, 1.54) is 5.56 Å². The number of aliphatic hydroxyl groups excluding tert-OH is 1. The first-order valence-electron chi connectivity index (χ1n) is 7.29. The lowest BCUT2D eigenvalue weighted by Gasteiger charge is -2.21. The maximum absolute atomic E-state index is 8.81. The zero-order valence-electron chi connectivity index (χ0n) is 12.4. The van der Waals surface area contributed by atoms with Crippen molar-refractivity contribution in [2.45, 2.75) is 30.3 Å². The van der Waals surface area contributed by atoms with Gasteiger partial charge < -0.3 is 14.6 Å². The predicted octanol–water partition coefficient (Wildman–Crippen LogP) is 2.84. The van der Waals surface area contributed by atoms with Crippen LogP contribution in [0.1, 0.15) is 30.4 Å². The lowest BCUT2D eigenvalue weighted by atomic mass is 10.1. The van der Waals surface area contributed by atoms with Gasteiger partial charge >= 0.3 is 0 Å². The van der Waals surface area contributed by atoms with E-state index in [0.717, 1.165) is 43.1 Å². The van der Waals surface area contributed by atoms with Gasteiger partial charge in [-0.05, 0) is 30.5 Å². The minimum Gasteiger partial charge on any atom is -0.495 e. The number of hydrogen-bond donors (Lipinski definition) is 1. The normalized spacial score (nSPS) is 15.3. The van der Waals surface area contributed by atoms with Gasteiger partial charge in [-0.3, -0.25) is 0 Å². The summed E-state index contributed by atoms with van der Waals surface area (Å²) >= 11 is 1.99. The Morgan fingerprint density at radius 3 is 2.90 bits per heavy atom. The van der Waals surface area contributed by atoms with Gasteiger partial charge in [-0.2, -0.15) is 11.8 Å². The predicted molar refractivity (Wildman–Crippen MR) is 86.7 cm³/mol. The van der Waals surface area contributed by atoms with E-state index in [9.17, 15) is 0 Å². The SMILES string of the molecule is COc1ccc(CSC2CCOCC2)cc1C#CCCO. The first-order chi connectivity index (χ1) is 10.3. The number of benzene rings is 1. The van der Waals surface area contributed by atoms with E-state index in [1.54, 1.807) is 7.11 Å². The second kappa shape index (κ2) is 8.99. The molecule has 1 N–H and O–H groups in total. The highest BCUT2D eigenvalue weighted by Crippen LogP contribution is 2.27. The molecule has 0 aromatic heterocycles. The second-order valence-electron chi connectivity index (χ2n) is 4.93. The molecular formula is C17H22O3S. The Hall–Kier alpha value is -1.15. The highest BCUT2D eigenvalue weighted by Gasteiger charge is 2.14. The van der Waals surface area contributed by atoms with E-state index in [-0.39, 0.29) is 6.61 Å². The van der Waals surface area contributed by atoms with Crippen molar-refractivity contribution >= 4 is 11.8 Å². The zero-order valence-corrected chi connectivity index (χ0v) is 13.2. The molecule has 0 unspecified atom stereocenters. The van der Waals surface area contributed by atoms with Crippen LogP contribution < -0.4 is 4.74 Å². The summed E-state index contributed by atoms with van der Waals surface area (Å²) in [6.45, 7) is 1.87. The van der Waals surface area contributed by atoms with Crippen LogP contribution in [0, 0.1) is 11.8 Å². The van der Waals surface area contributed by atoms with Crippen molar-refractivity contribution in [2.24, 2.45) is 0 Å². The van der Waals surface area contributed by atoms with Crippen LogP contribution in [0.2, 0.25) is 0 Å². The van der Waals surface area contributed by atoms with Crippen LogP contribution in [0.4, 0.5) is 0 Å². The Labute approximate surface area is 131 Å². The molecule has 3 nitrogen and oxygen atoms in total. The molecule has 4 heteroatoms. The molecule has 1 aromatic carbocycles. The van der Waals surface area contributed by atoms with Crippen molar-refractivity contribution in [2.75, 3.05) is 26.9 Å². The average Bonchev–Trinajstić information content (AvgIpc) is 2.54. The van der Waals surface area contributed by atoms with Crippen molar-refractivity contribution < 1.29 is 14.6 Å². The van der Waals surface area contributed by atoms with E-state index in [0.29, 0.717) is 11.7 Å². The van der Waals surface area contributed by atoms with Gasteiger partial charge in [-0.15, -0.1) is 0 Å². The van der Waals surface area contributed by atoms with Gasteiger partial charge in [0.2, 0.25) is 0 Å². The maximum atomic E-state index is 8.81. The summed E-state index contributed by atoms with van der Waals surface area (Å²) in [6, 6.07) is 6.17. The molecule has 0 spiro atoms. The Balaban J connectivity index is 1.99. The summed E-state index contributed by atoms with van der Waals surface area (Å²) in [5.74, 6) is 7.82. The molecule has 0 radical (unpaired) electrons. The minimum atomic E-state index is 0.0919. The van der Waals surface area contributed by atoms with E-state index >= 15 is 0 Å². The highest BCUT2D eigenvalue weighted by atomic mass is 32.2. The summed E-state index contributed by atoms with van der Waals surface area (Å²) in [7, 11) is 1.66. The van der Waals surface area contributed by atoms with Crippen LogP contribution >= 0.6 is 11.8 Å². The van der Waals surface area contributed by atoms with Gasteiger partial charge in [0.25, 0.3) is 0 Å². The van der Waals surface area contributed by atoms with Crippen LogP contribution in [0.25, 0.3) is 0 Å². The maximum Gasteiger partial charge on any atom is 0.134 e. The molecule has 0 amide bonds. The first kappa shape index (κ1) is 16.2. The molecule has 0 aliphatic carbocycles. The number of thioether (sulfide) groups is 1. The fourth-order valence-electron chi connectivity index (χ4n) is 2.21. The number of aliphatic hydroxyl groups is 1. The summed E-state index contributed by atoms with van der Waals surface area (Å²) in [5, 5.41) is 9.51. The number of ether oxygens (including phenoxy) is 2. The Morgan fingerprint density at radius 2 is 2.19 bits per heavy atom. The monoisotopic (exact) mass is 306 g/mol. The summed E-state index contributed by atoms with van der Waals surface area (Å²) in [6.07, 6.45) is 2.78. The van der Waals surface area contributed by atoms with Gasteiger partial charge in [0.15, 0.2) is 0 Å². The van der Waals surface area contributed by atoms with Crippen molar-refractivity contribution in [3.63, 3.8) is 0 Å². The Kier molecular flexibility index (Phi) is 6.94. The van der Waals surface area contributed by atoms with Crippen LogP contribution in [-0.4, -0.2) is 37.3 Å². The van der Waals surface area contributed by atoms with E-state index in [2.05, 4.69) is 24.0 Å². The lowest BCUT2D eigenvalue weighted by Crippen LogP contribution is -2.17. The largest absolute Gasteiger partial charge is 0.495 e. The summed E-state index contributed by atoms with van der Waals surface area (Å²) < 4.78 is 10.7. The van der Waals surface area contributed by atoms with Crippen LogP contribution in [0.15, 0.2) is 18.2 Å². The third-order valence-corrected chi connectivity index (χ3v) is 4.82. The number of methoxy groups -OCH3 is 1. The van der Waals surface area contributed by atoms with E-state index < -0.39 is 0 Å². The average molecular weight is 306 g/mol. The fraction of sp³-hybridized carbons (Fsp3) is 0.529. The first-order valence-corrected chi connectivity index (χ1v) is 8.34. The topological polar surface area (TPSA) is 38.7 Å². The second-order valence-corrected chi connectivity index (χ2v) is 6.22.